The van der Waals surface area contributed by atoms with Gasteiger partial charge in [-0.25, -0.2) is 4.79 Å². The molecule has 3 aromatic rings. The molecule has 0 saturated carbocycles. The highest BCUT2D eigenvalue weighted by atomic mass is 16.5. The number of hydrogen-bond acceptors (Lipinski definition) is 4. The van der Waals surface area contributed by atoms with Crippen LogP contribution >= 0.6 is 0 Å². The lowest BCUT2D eigenvalue weighted by molar-refractivity contribution is 0.0817. The van der Waals surface area contributed by atoms with E-state index in [2.05, 4.69) is 0 Å². The SMILES string of the molecule is Cc1ccc(C)c(C(=O)[C@H](C)Oc2ccc3ccc(=O)oc3c2)c1. The van der Waals surface area contributed by atoms with Gasteiger partial charge in [-0.15, -0.1) is 0 Å². The van der Waals surface area contributed by atoms with Crippen LogP contribution in [0, 0.1) is 13.8 Å². The van der Waals surface area contributed by atoms with E-state index in [1.165, 1.54) is 6.07 Å². The minimum atomic E-state index is -0.640. The summed E-state index contributed by atoms with van der Waals surface area (Å²) in [6.07, 6.45) is -0.640. The number of rotatable bonds is 4. The van der Waals surface area contributed by atoms with E-state index < -0.39 is 11.7 Å². The summed E-state index contributed by atoms with van der Waals surface area (Å²) in [5, 5.41) is 0.801. The first kappa shape index (κ1) is 16.0. The van der Waals surface area contributed by atoms with Gasteiger partial charge in [0.1, 0.15) is 11.3 Å². The summed E-state index contributed by atoms with van der Waals surface area (Å²) in [7, 11) is 0. The molecule has 122 valence electrons. The van der Waals surface area contributed by atoms with Crippen molar-refractivity contribution in [2.45, 2.75) is 26.9 Å². The minimum absolute atomic E-state index is 0.0780. The molecule has 0 spiro atoms. The van der Waals surface area contributed by atoms with E-state index in [-0.39, 0.29) is 5.78 Å². The molecule has 1 heterocycles. The third kappa shape index (κ3) is 3.23. The fraction of sp³-hybridized carbons (Fsp3) is 0.200. The molecular weight excluding hydrogens is 304 g/mol. The van der Waals surface area contributed by atoms with Crippen molar-refractivity contribution in [1.82, 2.24) is 0 Å². The second-order valence-electron chi connectivity index (χ2n) is 5.90. The van der Waals surface area contributed by atoms with Crippen molar-refractivity contribution in [2.75, 3.05) is 0 Å². The predicted octanol–water partition coefficient (Wildman–Crippen LogP) is 4.06. The molecule has 3 rings (SSSR count). The van der Waals surface area contributed by atoms with Crippen molar-refractivity contribution < 1.29 is 13.9 Å². The van der Waals surface area contributed by atoms with Crippen LogP contribution in [0.1, 0.15) is 28.4 Å². The molecule has 0 aliphatic heterocycles. The normalized spacial score (nSPS) is 12.1. The Morgan fingerprint density at radius 2 is 1.79 bits per heavy atom. The molecule has 4 heteroatoms. The van der Waals surface area contributed by atoms with Crippen molar-refractivity contribution in [2.24, 2.45) is 0 Å². The number of fused-ring (bicyclic) bond motifs is 1. The molecule has 0 radical (unpaired) electrons. The van der Waals surface area contributed by atoms with E-state index >= 15 is 0 Å². The Kier molecular flexibility index (Phi) is 4.21. The second kappa shape index (κ2) is 6.32. The van der Waals surface area contributed by atoms with Crippen LogP contribution in [0.2, 0.25) is 0 Å². The van der Waals surface area contributed by atoms with Gasteiger partial charge in [0.25, 0.3) is 0 Å². The van der Waals surface area contributed by atoms with Gasteiger partial charge in [0.05, 0.1) is 0 Å². The molecule has 0 bridgehead atoms. The second-order valence-corrected chi connectivity index (χ2v) is 5.90. The zero-order valence-corrected chi connectivity index (χ0v) is 13.8. The first-order valence-electron chi connectivity index (χ1n) is 7.76. The van der Waals surface area contributed by atoms with Crippen LogP contribution in [0.25, 0.3) is 11.0 Å². The lowest BCUT2D eigenvalue weighted by Crippen LogP contribution is -2.24. The Morgan fingerprint density at radius 3 is 2.58 bits per heavy atom. The number of ether oxygens (including phenoxy) is 1. The average Bonchev–Trinajstić information content (AvgIpc) is 2.56. The molecule has 0 fully saturated rings. The standard InChI is InChI=1S/C20H18O4/c1-12-4-5-13(2)17(10-12)20(22)14(3)23-16-8-6-15-7-9-19(21)24-18(15)11-16/h4-11,14H,1-3H3/t14-/m0/s1. The number of ketones is 1. The van der Waals surface area contributed by atoms with Crippen LogP contribution in [-0.2, 0) is 0 Å². The van der Waals surface area contributed by atoms with Crippen molar-refractivity contribution in [3.8, 4) is 5.75 Å². The van der Waals surface area contributed by atoms with Gasteiger partial charge in [-0.2, -0.15) is 0 Å². The van der Waals surface area contributed by atoms with Gasteiger partial charge in [-0.1, -0.05) is 17.7 Å². The van der Waals surface area contributed by atoms with E-state index in [9.17, 15) is 9.59 Å². The van der Waals surface area contributed by atoms with E-state index in [0.717, 1.165) is 16.5 Å². The smallest absolute Gasteiger partial charge is 0.336 e. The Bertz CT molecular complexity index is 969. The van der Waals surface area contributed by atoms with Crippen LogP contribution in [0.3, 0.4) is 0 Å². The maximum Gasteiger partial charge on any atom is 0.336 e. The maximum absolute atomic E-state index is 12.6. The quantitative estimate of drug-likeness (QED) is 0.537. The molecule has 1 atom stereocenters. The summed E-state index contributed by atoms with van der Waals surface area (Å²) in [5.41, 5.74) is 2.63. The molecular formula is C20H18O4. The zero-order valence-electron chi connectivity index (χ0n) is 13.8. The van der Waals surface area contributed by atoms with Crippen molar-refractivity contribution >= 4 is 16.8 Å². The molecule has 0 N–H and O–H groups in total. The van der Waals surface area contributed by atoms with Gasteiger partial charge in [0, 0.05) is 23.1 Å². The Morgan fingerprint density at radius 1 is 1.04 bits per heavy atom. The minimum Gasteiger partial charge on any atom is -0.482 e. The van der Waals surface area contributed by atoms with Gasteiger partial charge >= 0.3 is 5.63 Å². The first-order valence-corrected chi connectivity index (χ1v) is 7.76. The molecule has 0 amide bonds. The monoisotopic (exact) mass is 322 g/mol. The van der Waals surface area contributed by atoms with Gasteiger partial charge in [0.2, 0.25) is 5.78 Å². The Balaban J connectivity index is 1.86. The van der Waals surface area contributed by atoms with Crippen LogP contribution < -0.4 is 10.4 Å². The number of carbonyl (C=O) groups is 1. The largest absolute Gasteiger partial charge is 0.482 e. The Hall–Kier alpha value is -2.88. The summed E-state index contributed by atoms with van der Waals surface area (Å²) in [5.74, 6) is 0.411. The number of benzene rings is 2. The van der Waals surface area contributed by atoms with Gasteiger partial charge in [-0.3, -0.25) is 4.79 Å². The molecule has 0 aliphatic carbocycles. The van der Waals surface area contributed by atoms with Gasteiger partial charge < -0.3 is 9.15 Å². The van der Waals surface area contributed by atoms with Crippen LogP contribution in [0.5, 0.6) is 5.75 Å². The summed E-state index contributed by atoms with van der Waals surface area (Å²) < 4.78 is 10.9. The van der Waals surface area contributed by atoms with Crippen LogP contribution in [0.15, 0.2) is 57.7 Å². The molecule has 4 nitrogen and oxygen atoms in total. The predicted molar refractivity (Wildman–Crippen MR) is 92.8 cm³/mol. The van der Waals surface area contributed by atoms with Gasteiger partial charge in [-0.05, 0) is 50.6 Å². The highest BCUT2D eigenvalue weighted by Gasteiger charge is 2.19. The first-order chi connectivity index (χ1) is 11.4. The molecule has 0 saturated heterocycles. The summed E-state index contributed by atoms with van der Waals surface area (Å²) in [4.78, 5) is 24.0. The summed E-state index contributed by atoms with van der Waals surface area (Å²) in [6.45, 7) is 5.58. The highest BCUT2D eigenvalue weighted by molar-refractivity contribution is 6.00. The van der Waals surface area contributed by atoms with Crippen molar-refractivity contribution in [1.29, 1.82) is 0 Å². The topological polar surface area (TPSA) is 56.5 Å². The maximum atomic E-state index is 12.6. The van der Waals surface area contributed by atoms with E-state index in [0.29, 0.717) is 16.9 Å². The van der Waals surface area contributed by atoms with E-state index in [1.54, 1.807) is 31.2 Å². The summed E-state index contributed by atoms with van der Waals surface area (Å²) >= 11 is 0. The molecule has 1 aromatic heterocycles. The number of hydrogen-bond donors (Lipinski definition) is 0. The summed E-state index contributed by atoms with van der Waals surface area (Å²) in [6, 6.07) is 14.0. The van der Waals surface area contributed by atoms with Crippen LogP contribution in [0.4, 0.5) is 0 Å². The third-order valence-electron chi connectivity index (χ3n) is 3.94. The fourth-order valence-corrected chi connectivity index (χ4v) is 2.59. The average molecular weight is 322 g/mol. The molecule has 24 heavy (non-hydrogen) atoms. The lowest BCUT2D eigenvalue weighted by atomic mass is 9.99. The third-order valence-corrected chi connectivity index (χ3v) is 3.94. The molecule has 0 aliphatic rings. The number of Topliss-reactive ketones (excluding diaryl/α,β-unsaturated/α-hetero) is 1. The van der Waals surface area contributed by atoms with Crippen molar-refractivity contribution in [3.05, 3.63) is 75.6 Å². The Labute approximate surface area is 139 Å². The molecule has 0 unspecified atom stereocenters. The fourth-order valence-electron chi connectivity index (χ4n) is 2.59. The molecule has 2 aromatic carbocycles. The number of aryl methyl sites for hydroxylation is 2. The van der Waals surface area contributed by atoms with Gasteiger partial charge in [0.15, 0.2) is 6.10 Å². The highest BCUT2D eigenvalue weighted by Crippen LogP contribution is 2.22. The lowest BCUT2D eigenvalue weighted by Gasteiger charge is -2.15. The number of carbonyl (C=O) groups excluding carboxylic acids is 1. The van der Waals surface area contributed by atoms with E-state index in [4.69, 9.17) is 9.15 Å². The van der Waals surface area contributed by atoms with E-state index in [1.807, 2.05) is 32.0 Å². The van der Waals surface area contributed by atoms with Crippen molar-refractivity contribution in [3.63, 3.8) is 0 Å². The van der Waals surface area contributed by atoms with Crippen LogP contribution in [-0.4, -0.2) is 11.9 Å². The zero-order chi connectivity index (χ0) is 17.3.